The summed E-state index contributed by atoms with van der Waals surface area (Å²) in [6.07, 6.45) is 3.21. The summed E-state index contributed by atoms with van der Waals surface area (Å²) in [5, 5.41) is 3.97. The van der Waals surface area contributed by atoms with Gasteiger partial charge in [-0.2, -0.15) is 5.10 Å². The van der Waals surface area contributed by atoms with Crippen molar-refractivity contribution >= 4 is 12.1 Å². The highest BCUT2D eigenvalue weighted by Crippen LogP contribution is 2.24. The van der Waals surface area contributed by atoms with E-state index in [9.17, 15) is 4.79 Å². The van der Waals surface area contributed by atoms with E-state index in [0.717, 1.165) is 5.56 Å². The van der Waals surface area contributed by atoms with Crippen molar-refractivity contribution in [1.82, 2.24) is 5.43 Å². The number of rotatable bonds is 8. The summed E-state index contributed by atoms with van der Waals surface area (Å²) in [5.41, 5.74) is 3.63. The number of methoxy groups -OCH3 is 2. The van der Waals surface area contributed by atoms with Gasteiger partial charge in [0.15, 0.2) is 0 Å². The molecule has 6 nitrogen and oxygen atoms in total. The zero-order valence-electron chi connectivity index (χ0n) is 14.2. The molecule has 2 rings (SSSR count). The van der Waals surface area contributed by atoms with Crippen LogP contribution in [0.4, 0.5) is 0 Å². The molecule has 2 aromatic carbocycles. The number of nitrogens with one attached hydrogen (secondary N) is 1. The molecule has 0 aromatic heterocycles. The van der Waals surface area contributed by atoms with E-state index in [1.54, 1.807) is 31.4 Å². The van der Waals surface area contributed by atoms with Gasteiger partial charge in [0.2, 0.25) is 0 Å². The summed E-state index contributed by atoms with van der Waals surface area (Å²) in [6.45, 7) is 4.03. The second-order valence-electron chi connectivity index (χ2n) is 4.94. The minimum absolute atomic E-state index is 0.364. The third kappa shape index (κ3) is 5.10. The van der Waals surface area contributed by atoms with Crippen molar-refractivity contribution in [2.24, 2.45) is 5.10 Å². The van der Waals surface area contributed by atoms with Gasteiger partial charge in [-0.1, -0.05) is 24.8 Å². The van der Waals surface area contributed by atoms with Crippen LogP contribution in [0.1, 0.15) is 15.9 Å². The highest BCUT2D eigenvalue weighted by molar-refractivity contribution is 5.97. The van der Waals surface area contributed by atoms with Crippen LogP contribution >= 0.6 is 0 Å². The third-order valence-electron chi connectivity index (χ3n) is 3.26. The predicted molar refractivity (Wildman–Crippen MR) is 96.7 cm³/mol. The van der Waals surface area contributed by atoms with Crippen molar-refractivity contribution in [2.45, 2.75) is 0 Å². The molecular formula is C19H20N2O4. The topological polar surface area (TPSA) is 69.2 Å². The molecule has 0 unspecified atom stereocenters. The number of ether oxygens (including phenoxy) is 3. The first kappa shape index (κ1) is 18.1. The Kier molecular flexibility index (Phi) is 6.59. The van der Waals surface area contributed by atoms with Gasteiger partial charge in [0, 0.05) is 6.07 Å². The van der Waals surface area contributed by atoms with E-state index in [1.807, 2.05) is 24.3 Å². The summed E-state index contributed by atoms with van der Waals surface area (Å²) in [5.74, 6) is 1.34. The fraction of sp³-hybridized carbons (Fsp3) is 0.158. The first-order valence-corrected chi connectivity index (χ1v) is 7.57. The van der Waals surface area contributed by atoms with Crippen molar-refractivity contribution < 1.29 is 19.0 Å². The van der Waals surface area contributed by atoms with Gasteiger partial charge in [0.25, 0.3) is 5.91 Å². The first-order chi connectivity index (χ1) is 12.2. The SMILES string of the molecule is C=CCOc1cccc(C=NNC(=O)c2ccc(OC)cc2OC)c1. The number of carbonyl (C=O) groups excluding carboxylic acids is 1. The van der Waals surface area contributed by atoms with Gasteiger partial charge in [-0.3, -0.25) is 4.79 Å². The number of amides is 1. The third-order valence-corrected chi connectivity index (χ3v) is 3.26. The molecule has 2 aromatic rings. The zero-order chi connectivity index (χ0) is 18.1. The summed E-state index contributed by atoms with van der Waals surface area (Å²) >= 11 is 0. The van der Waals surface area contributed by atoms with Crippen LogP contribution in [-0.2, 0) is 0 Å². The highest BCUT2D eigenvalue weighted by atomic mass is 16.5. The Labute approximate surface area is 146 Å². The molecule has 0 saturated heterocycles. The molecule has 0 bridgehead atoms. The lowest BCUT2D eigenvalue weighted by atomic mass is 10.2. The van der Waals surface area contributed by atoms with E-state index in [4.69, 9.17) is 14.2 Å². The summed E-state index contributed by atoms with van der Waals surface area (Å²) in [6, 6.07) is 12.3. The fourth-order valence-corrected chi connectivity index (χ4v) is 2.05. The summed E-state index contributed by atoms with van der Waals surface area (Å²) < 4.78 is 15.8. The maximum Gasteiger partial charge on any atom is 0.275 e. The lowest BCUT2D eigenvalue weighted by molar-refractivity contribution is 0.0952. The second kappa shape index (κ2) is 9.12. The van der Waals surface area contributed by atoms with Crippen molar-refractivity contribution in [1.29, 1.82) is 0 Å². The largest absolute Gasteiger partial charge is 0.497 e. The van der Waals surface area contributed by atoms with Crippen LogP contribution in [-0.4, -0.2) is 32.9 Å². The quantitative estimate of drug-likeness (QED) is 0.456. The molecule has 1 amide bonds. The number of hydrogen-bond acceptors (Lipinski definition) is 5. The number of hydrazone groups is 1. The number of carbonyl (C=O) groups is 1. The Morgan fingerprint density at radius 3 is 2.72 bits per heavy atom. The van der Waals surface area contributed by atoms with Gasteiger partial charge in [0.1, 0.15) is 23.9 Å². The van der Waals surface area contributed by atoms with Gasteiger partial charge < -0.3 is 14.2 Å². The van der Waals surface area contributed by atoms with Crippen LogP contribution in [0.5, 0.6) is 17.2 Å². The monoisotopic (exact) mass is 340 g/mol. The number of benzene rings is 2. The van der Waals surface area contributed by atoms with Crippen LogP contribution < -0.4 is 19.6 Å². The van der Waals surface area contributed by atoms with Gasteiger partial charge in [-0.05, 0) is 29.8 Å². The summed E-state index contributed by atoms with van der Waals surface area (Å²) in [4.78, 5) is 12.2. The molecule has 0 saturated carbocycles. The van der Waals surface area contributed by atoms with E-state index in [-0.39, 0.29) is 5.91 Å². The molecular weight excluding hydrogens is 320 g/mol. The Bertz CT molecular complexity index is 772. The molecule has 130 valence electrons. The average Bonchev–Trinajstić information content (AvgIpc) is 2.66. The Morgan fingerprint density at radius 2 is 2.00 bits per heavy atom. The molecule has 1 N–H and O–H groups in total. The molecule has 0 spiro atoms. The Balaban J connectivity index is 2.04. The minimum Gasteiger partial charge on any atom is -0.497 e. The maximum absolute atomic E-state index is 12.2. The molecule has 0 atom stereocenters. The summed E-state index contributed by atoms with van der Waals surface area (Å²) in [7, 11) is 3.04. The van der Waals surface area contributed by atoms with Crippen molar-refractivity contribution in [2.75, 3.05) is 20.8 Å². The van der Waals surface area contributed by atoms with Crippen molar-refractivity contribution in [3.05, 3.63) is 66.2 Å². The normalized spacial score (nSPS) is 10.3. The fourth-order valence-electron chi connectivity index (χ4n) is 2.05. The van der Waals surface area contributed by atoms with E-state index in [0.29, 0.717) is 29.4 Å². The molecule has 0 fully saturated rings. The molecule has 0 radical (unpaired) electrons. The predicted octanol–water partition coefficient (Wildman–Crippen LogP) is 3.03. The highest BCUT2D eigenvalue weighted by Gasteiger charge is 2.12. The van der Waals surface area contributed by atoms with Crippen LogP contribution in [0.25, 0.3) is 0 Å². The molecule has 0 aliphatic rings. The van der Waals surface area contributed by atoms with Crippen molar-refractivity contribution in [3.8, 4) is 17.2 Å². The van der Waals surface area contributed by atoms with Gasteiger partial charge in [-0.25, -0.2) is 5.43 Å². The van der Waals surface area contributed by atoms with Crippen LogP contribution in [0.3, 0.4) is 0 Å². The van der Waals surface area contributed by atoms with E-state index in [1.165, 1.54) is 13.3 Å². The lowest BCUT2D eigenvalue weighted by Gasteiger charge is -2.09. The molecule has 6 heteroatoms. The Morgan fingerprint density at radius 1 is 1.16 bits per heavy atom. The van der Waals surface area contributed by atoms with E-state index >= 15 is 0 Å². The average molecular weight is 340 g/mol. The van der Waals surface area contributed by atoms with Crippen molar-refractivity contribution in [3.63, 3.8) is 0 Å². The Hall–Kier alpha value is -3.28. The molecule has 0 heterocycles. The minimum atomic E-state index is -0.380. The lowest BCUT2D eigenvalue weighted by Crippen LogP contribution is -2.18. The number of nitrogens with zero attached hydrogens (tertiary/aromatic N) is 1. The van der Waals surface area contributed by atoms with E-state index in [2.05, 4.69) is 17.1 Å². The second-order valence-corrected chi connectivity index (χ2v) is 4.94. The van der Waals surface area contributed by atoms with Gasteiger partial charge in [-0.15, -0.1) is 0 Å². The smallest absolute Gasteiger partial charge is 0.275 e. The van der Waals surface area contributed by atoms with Crippen LogP contribution in [0, 0.1) is 0 Å². The molecule has 0 aliphatic heterocycles. The first-order valence-electron chi connectivity index (χ1n) is 7.57. The molecule has 25 heavy (non-hydrogen) atoms. The van der Waals surface area contributed by atoms with Gasteiger partial charge >= 0.3 is 0 Å². The van der Waals surface area contributed by atoms with Gasteiger partial charge in [0.05, 0.1) is 26.0 Å². The maximum atomic E-state index is 12.2. The van der Waals surface area contributed by atoms with E-state index < -0.39 is 0 Å². The number of hydrogen-bond donors (Lipinski definition) is 1. The molecule has 0 aliphatic carbocycles. The standard InChI is InChI=1S/C19H20N2O4/c1-4-10-25-16-7-5-6-14(11-16)13-20-21-19(22)17-9-8-15(23-2)12-18(17)24-3/h4-9,11-13H,1,10H2,2-3H3,(H,21,22). The zero-order valence-corrected chi connectivity index (χ0v) is 14.2. The van der Waals surface area contributed by atoms with Crippen LogP contribution in [0.2, 0.25) is 0 Å². The van der Waals surface area contributed by atoms with Crippen LogP contribution in [0.15, 0.2) is 60.2 Å².